The Morgan fingerprint density at radius 1 is 1.33 bits per heavy atom. The molecule has 45 valence electrons. The summed E-state index contributed by atoms with van der Waals surface area (Å²) >= 11 is 0. The quantitative estimate of drug-likeness (QED) is 0.427. The Hall–Kier alpha value is -0.780. The summed E-state index contributed by atoms with van der Waals surface area (Å²) in [6.45, 7) is 3.93. The van der Waals surface area contributed by atoms with Crippen LogP contribution in [0.2, 0.25) is 0 Å². The highest BCUT2D eigenvalue weighted by atomic mass is 14.5. The summed E-state index contributed by atoms with van der Waals surface area (Å²) in [4.78, 5) is 0. The molecule has 0 heterocycles. The van der Waals surface area contributed by atoms with Crippen molar-refractivity contribution in [3.63, 3.8) is 0 Å². The monoisotopic (exact) mass is 117 g/mol. The number of hydrogen-bond acceptors (Lipinski definition) is 0. The van der Waals surface area contributed by atoms with Gasteiger partial charge in [0.2, 0.25) is 0 Å². The van der Waals surface area contributed by atoms with E-state index in [1.807, 2.05) is 0 Å². The van der Waals surface area contributed by atoms with Crippen LogP contribution in [0.5, 0.6) is 0 Å². The molecule has 2 rings (SSSR count). The SMILES string of the molecule is C=C1CC12[CH]C=CC=C2. The van der Waals surface area contributed by atoms with Crippen LogP contribution in [0.25, 0.3) is 0 Å². The van der Waals surface area contributed by atoms with E-state index in [1.165, 1.54) is 5.57 Å². The molecule has 2 aliphatic rings. The van der Waals surface area contributed by atoms with Crippen molar-refractivity contribution >= 4 is 0 Å². The molecule has 0 aliphatic heterocycles. The minimum Gasteiger partial charge on any atom is -0.0989 e. The third-order valence-electron chi connectivity index (χ3n) is 2.05. The zero-order chi connectivity index (χ0) is 6.32. The summed E-state index contributed by atoms with van der Waals surface area (Å²) in [5.41, 5.74) is 1.65. The van der Waals surface area contributed by atoms with E-state index in [-0.39, 0.29) is 0 Å². The highest BCUT2D eigenvalue weighted by molar-refractivity contribution is 5.46. The maximum Gasteiger partial charge on any atom is 0.0198 e. The van der Waals surface area contributed by atoms with E-state index in [4.69, 9.17) is 0 Å². The number of rotatable bonds is 0. The average molecular weight is 117 g/mol. The Kier molecular flexibility index (Phi) is 0.774. The molecule has 1 fully saturated rings. The maximum absolute atomic E-state index is 3.93. The molecule has 0 aromatic rings. The van der Waals surface area contributed by atoms with Crippen molar-refractivity contribution in [2.45, 2.75) is 6.42 Å². The fourth-order valence-electron chi connectivity index (χ4n) is 1.24. The second-order valence-electron chi connectivity index (χ2n) is 2.73. The normalized spacial score (nSPS) is 38.0. The predicted octanol–water partition coefficient (Wildman–Crippen LogP) is 2.26. The van der Waals surface area contributed by atoms with E-state index in [0.29, 0.717) is 5.41 Å². The molecule has 2 aliphatic carbocycles. The summed E-state index contributed by atoms with van der Waals surface area (Å²) < 4.78 is 0. The van der Waals surface area contributed by atoms with E-state index in [9.17, 15) is 0 Å². The lowest BCUT2D eigenvalue weighted by molar-refractivity contribution is 0.832. The van der Waals surface area contributed by atoms with Crippen LogP contribution < -0.4 is 0 Å². The Morgan fingerprint density at radius 2 is 2.11 bits per heavy atom. The van der Waals surface area contributed by atoms with Crippen LogP contribution in [-0.4, -0.2) is 0 Å². The lowest BCUT2D eigenvalue weighted by Crippen LogP contribution is -1.96. The Labute approximate surface area is 55.6 Å². The number of allylic oxidation sites excluding steroid dienone is 5. The van der Waals surface area contributed by atoms with Crippen molar-refractivity contribution in [2.24, 2.45) is 5.41 Å². The summed E-state index contributed by atoms with van der Waals surface area (Å²) in [5, 5.41) is 0. The second-order valence-corrected chi connectivity index (χ2v) is 2.73. The molecular weight excluding hydrogens is 108 g/mol. The molecule has 0 aromatic carbocycles. The topological polar surface area (TPSA) is 0 Å². The lowest BCUT2D eigenvalue weighted by atomic mass is 9.97. The van der Waals surface area contributed by atoms with Crippen molar-refractivity contribution in [1.29, 1.82) is 0 Å². The smallest absolute Gasteiger partial charge is 0.0198 e. The van der Waals surface area contributed by atoms with E-state index in [0.717, 1.165) is 6.42 Å². The molecule has 0 nitrogen and oxygen atoms in total. The summed E-state index contributed by atoms with van der Waals surface area (Å²) in [6.07, 6.45) is 11.8. The molecule has 1 unspecified atom stereocenters. The van der Waals surface area contributed by atoms with Gasteiger partial charge in [0.25, 0.3) is 0 Å². The van der Waals surface area contributed by atoms with Crippen molar-refractivity contribution in [2.75, 3.05) is 0 Å². The molecule has 9 heavy (non-hydrogen) atoms. The third kappa shape index (κ3) is 0.593. The Morgan fingerprint density at radius 3 is 2.44 bits per heavy atom. The fourth-order valence-corrected chi connectivity index (χ4v) is 1.24. The third-order valence-corrected chi connectivity index (χ3v) is 2.05. The van der Waals surface area contributed by atoms with Gasteiger partial charge in [0.15, 0.2) is 0 Å². The molecule has 0 heteroatoms. The summed E-state index contributed by atoms with van der Waals surface area (Å²) in [6, 6.07) is 0. The largest absolute Gasteiger partial charge is 0.0989 e. The Balaban J connectivity index is 2.27. The maximum atomic E-state index is 3.93. The van der Waals surface area contributed by atoms with Gasteiger partial charge in [-0.05, 0) is 12.8 Å². The minimum absolute atomic E-state index is 0.300. The summed E-state index contributed by atoms with van der Waals surface area (Å²) in [5.74, 6) is 0. The lowest BCUT2D eigenvalue weighted by Gasteiger charge is -2.06. The van der Waals surface area contributed by atoms with Gasteiger partial charge in [-0.2, -0.15) is 0 Å². The van der Waals surface area contributed by atoms with E-state index in [2.05, 4.69) is 37.3 Å². The predicted molar refractivity (Wildman–Crippen MR) is 38.8 cm³/mol. The van der Waals surface area contributed by atoms with Crippen molar-refractivity contribution < 1.29 is 0 Å². The average Bonchev–Trinajstić information content (AvgIpc) is 2.44. The van der Waals surface area contributed by atoms with Gasteiger partial charge in [-0.3, -0.25) is 0 Å². The van der Waals surface area contributed by atoms with Gasteiger partial charge in [0, 0.05) is 5.41 Å². The van der Waals surface area contributed by atoms with Crippen LogP contribution in [0.3, 0.4) is 0 Å². The van der Waals surface area contributed by atoms with Crippen molar-refractivity contribution in [1.82, 2.24) is 0 Å². The molecule has 1 saturated carbocycles. The Bertz CT molecular complexity index is 208. The van der Waals surface area contributed by atoms with Crippen molar-refractivity contribution in [3.8, 4) is 0 Å². The van der Waals surface area contributed by atoms with E-state index in [1.54, 1.807) is 0 Å². The van der Waals surface area contributed by atoms with Gasteiger partial charge in [-0.15, -0.1) is 0 Å². The zero-order valence-corrected chi connectivity index (χ0v) is 5.30. The first kappa shape index (κ1) is 5.04. The van der Waals surface area contributed by atoms with Crippen LogP contribution in [0.15, 0.2) is 36.5 Å². The van der Waals surface area contributed by atoms with E-state index >= 15 is 0 Å². The first-order chi connectivity index (χ1) is 4.33. The second kappa shape index (κ2) is 1.38. The molecule has 0 amide bonds. The molecule has 1 atom stereocenters. The van der Waals surface area contributed by atoms with Crippen molar-refractivity contribution in [3.05, 3.63) is 42.9 Å². The summed E-state index contributed by atoms with van der Waals surface area (Å²) in [7, 11) is 0. The molecule has 0 bridgehead atoms. The van der Waals surface area contributed by atoms with Crippen LogP contribution in [0, 0.1) is 11.8 Å². The fraction of sp³-hybridized carbons (Fsp3) is 0.222. The van der Waals surface area contributed by atoms with Gasteiger partial charge >= 0.3 is 0 Å². The molecule has 0 N–H and O–H groups in total. The van der Waals surface area contributed by atoms with E-state index < -0.39 is 0 Å². The van der Waals surface area contributed by atoms with Crippen LogP contribution >= 0.6 is 0 Å². The zero-order valence-electron chi connectivity index (χ0n) is 5.30. The molecule has 0 aromatic heterocycles. The first-order valence-electron chi connectivity index (χ1n) is 3.22. The molecule has 1 spiro atoms. The van der Waals surface area contributed by atoms with Crippen LogP contribution in [-0.2, 0) is 0 Å². The van der Waals surface area contributed by atoms with Crippen LogP contribution in [0.4, 0.5) is 0 Å². The van der Waals surface area contributed by atoms with Gasteiger partial charge in [0.1, 0.15) is 0 Å². The minimum atomic E-state index is 0.300. The highest BCUT2D eigenvalue weighted by Crippen LogP contribution is 2.55. The first-order valence-corrected chi connectivity index (χ1v) is 3.22. The van der Waals surface area contributed by atoms with Gasteiger partial charge in [-0.1, -0.05) is 36.5 Å². The van der Waals surface area contributed by atoms with Gasteiger partial charge in [0.05, 0.1) is 0 Å². The molecule has 1 radical (unpaired) electrons. The molecule has 0 saturated heterocycles. The van der Waals surface area contributed by atoms with Gasteiger partial charge in [-0.25, -0.2) is 0 Å². The van der Waals surface area contributed by atoms with Gasteiger partial charge < -0.3 is 0 Å². The van der Waals surface area contributed by atoms with Crippen LogP contribution in [0.1, 0.15) is 6.42 Å². The standard InChI is InChI=1S/C9H9/c1-8-7-9(8)5-3-2-4-6-9/h2-6H,1,7H2. The number of hydrogen-bond donors (Lipinski definition) is 0. The molecular formula is C9H9. The highest BCUT2D eigenvalue weighted by Gasteiger charge is 2.44.